The van der Waals surface area contributed by atoms with Gasteiger partial charge in [0, 0.05) is 31.2 Å². The van der Waals surface area contributed by atoms with Gasteiger partial charge in [-0.3, -0.25) is 0 Å². The number of benzene rings is 1. The fourth-order valence-corrected chi connectivity index (χ4v) is 2.99. The molecule has 1 N–H and O–H groups in total. The average molecular weight is 232 g/mol. The first kappa shape index (κ1) is 12.4. The molecule has 0 aromatic heterocycles. The van der Waals surface area contributed by atoms with Crippen LogP contribution in [0.5, 0.6) is 0 Å². The highest BCUT2D eigenvalue weighted by molar-refractivity contribution is 5.64. The minimum Gasteiger partial charge on any atom is -0.373 e. The van der Waals surface area contributed by atoms with E-state index in [0.29, 0.717) is 0 Å². The zero-order valence-corrected chi connectivity index (χ0v) is 11.5. The van der Waals surface area contributed by atoms with Crippen LogP contribution in [0.15, 0.2) is 18.2 Å². The predicted octanol–water partition coefficient (Wildman–Crippen LogP) is 2.91. The summed E-state index contributed by atoms with van der Waals surface area (Å²) in [7, 11) is 2.19. The van der Waals surface area contributed by atoms with Crippen molar-refractivity contribution in [3.05, 3.63) is 29.3 Å². The fraction of sp³-hybridized carbons (Fsp3) is 0.600. The molecule has 0 bridgehead atoms. The van der Waals surface area contributed by atoms with Gasteiger partial charge in [0.05, 0.1) is 0 Å². The molecular formula is C15H24N2. The smallest absolute Gasteiger partial charge is 0.0405 e. The van der Waals surface area contributed by atoms with Crippen molar-refractivity contribution < 1.29 is 0 Å². The Kier molecular flexibility index (Phi) is 3.43. The van der Waals surface area contributed by atoms with Crippen LogP contribution in [-0.4, -0.2) is 20.1 Å². The Bertz CT molecular complexity index is 396. The lowest BCUT2D eigenvalue weighted by Crippen LogP contribution is -2.26. The molecule has 0 spiro atoms. The number of nitrogens with zero attached hydrogens (tertiary/aromatic N) is 1. The predicted molar refractivity (Wildman–Crippen MR) is 74.7 cm³/mol. The van der Waals surface area contributed by atoms with Crippen molar-refractivity contribution in [2.75, 3.05) is 25.0 Å². The van der Waals surface area contributed by atoms with Gasteiger partial charge in [-0.25, -0.2) is 0 Å². The molecule has 0 fully saturated rings. The number of anilines is 1. The van der Waals surface area contributed by atoms with Crippen molar-refractivity contribution in [2.45, 2.75) is 39.2 Å². The molecule has 0 radical (unpaired) electrons. The van der Waals surface area contributed by atoms with E-state index in [1.54, 1.807) is 0 Å². The van der Waals surface area contributed by atoms with Crippen LogP contribution in [0.25, 0.3) is 0 Å². The van der Waals surface area contributed by atoms with Crippen LogP contribution >= 0.6 is 0 Å². The molecule has 0 saturated carbocycles. The van der Waals surface area contributed by atoms with Gasteiger partial charge in [-0.2, -0.15) is 0 Å². The van der Waals surface area contributed by atoms with Crippen LogP contribution in [0.2, 0.25) is 0 Å². The van der Waals surface area contributed by atoms with Crippen molar-refractivity contribution >= 4 is 5.69 Å². The summed E-state index contributed by atoms with van der Waals surface area (Å²) in [5.74, 6) is 0. The average Bonchev–Trinajstić information content (AvgIpc) is 2.51. The summed E-state index contributed by atoms with van der Waals surface area (Å²) in [6, 6.07) is 6.69. The van der Waals surface area contributed by atoms with Crippen molar-refractivity contribution in [1.29, 1.82) is 0 Å². The van der Waals surface area contributed by atoms with E-state index in [1.165, 1.54) is 23.2 Å². The minimum absolute atomic E-state index is 0.272. The molecule has 0 aliphatic carbocycles. The molecular weight excluding hydrogens is 208 g/mol. The van der Waals surface area contributed by atoms with Crippen molar-refractivity contribution in [3.8, 4) is 0 Å². The summed E-state index contributed by atoms with van der Waals surface area (Å²) in [5, 5.41) is 3.52. The first-order valence-electron chi connectivity index (χ1n) is 6.60. The first-order valence-corrected chi connectivity index (χ1v) is 6.60. The van der Waals surface area contributed by atoms with E-state index >= 15 is 0 Å². The number of hydrogen-bond acceptors (Lipinski definition) is 2. The summed E-state index contributed by atoms with van der Waals surface area (Å²) >= 11 is 0. The fourth-order valence-electron chi connectivity index (χ4n) is 2.99. The van der Waals surface area contributed by atoms with Gasteiger partial charge in [0.15, 0.2) is 0 Å². The maximum atomic E-state index is 3.52. The maximum Gasteiger partial charge on any atom is 0.0405 e. The zero-order chi connectivity index (χ0) is 12.5. The highest BCUT2D eigenvalue weighted by Crippen LogP contribution is 2.41. The second kappa shape index (κ2) is 4.69. The van der Waals surface area contributed by atoms with Gasteiger partial charge in [-0.15, -0.1) is 0 Å². The Labute approximate surface area is 105 Å². The molecule has 94 valence electrons. The summed E-state index contributed by atoms with van der Waals surface area (Å²) in [6.07, 6.45) is 1.19. The number of rotatable bonds is 4. The van der Waals surface area contributed by atoms with Gasteiger partial charge >= 0.3 is 0 Å². The van der Waals surface area contributed by atoms with Gasteiger partial charge < -0.3 is 10.2 Å². The lowest BCUT2D eigenvalue weighted by molar-refractivity contribution is 0.552. The van der Waals surface area contributed by atoms with Gasteiger partial charge in [-0.05, 0) is 30.2 Å². The SMILES string of the molecule is CCCNCc1cccc2c1C(C)(C)CN2C. The van der Waals surface area contributed by atoms with Crippen LogP contribution in [0.4, 0.5) is 5.69 Å². The normalized spacial score (nSPS) is 17.3. The molecule has 1 aromatic rings. The summed E-state index contributed by atoms with van der Waals surface area (Å²) in [6.45, 7) is 10.1. The Morgan fingerprint density at radius 2 is 2.12 bits per heavy atom. The van der Waals surface area contributed by atoms with Crippen molar-refractivity contribution in [3.63, 3.8) is 0 Å². The summed E-state index contributed by atoms with van der Waals surface area (Å²) in [4.78, 5) is 2.37. The third kappa shape index (κ3) is 2.32. The largest absolute Gasteiger partial charge is 0.373 e. The molecule has 1 aliphatic heterocycles. The van der Waals surface area contributed by atoms with Gasteiger partial charge in [0.1, 0.15) is 0 Å². The molecule has 2 rings (SSSR count). The Balaban J connectivity index is 2.29. The quantitative estimate of drug-likeness (QED) is 0.803. The van der Waals surface area contributed by atoms with E-state index in [2.05, 4.69) is 56.2 Å². The Morgan fingerprint density at radius 3 is 2.82 bits per heavy atom. The van der Waals surface area contributed by atoms with Crippen LogP contribution in [-0.2, 0) is 12.0 Å². The van der Waals surface area contributed by atoms with Gasteiger partial charge in [0.2, 0.25) is 0 Å². The molecule has 0 atom stereocenters. The second-order valence-corrected chi connectivity index (χ2v) is 5.73. The highest BCUT2D eigenvalue weighted by Gasteiger charge is 2.34. The second-order valence-electron chi connectivity index (χ2n) is 5.73. The third-order valence-corrected chi connectivity index (χ3v) is 3.59. The number of nitrogens with one attached hydrogen (secondary N) is 1. The van der Waals surface area contributed by atoms with Gasteiger partial charge in [0.25, 0.3) is 0 Å². The number of likely N-dealkylation sites (N-methyl/N-ethyl adjacent to an activating group) is 1. The van der Waals surface area contributed by atoms with Crippen molar-refractivity contribution in [2.24, 2.45) is 0 Å². The highest BCUT2D eigenvalue weighted by atomic mass is 15.1. The molecule has 1 heterocycles. The molecule has 0 saturated heterocycles. The molecule has 1 aromatic carbocycles. The topological polar surface area (TPSA) is 15.3 Å². The molecule has 17 heavy (non-hydrogen) atoms. The lowest BCUT2D eigenvalue weighted by Gasteiger charge is -2.21. The molecule has 2 nitrogen and oxygen atoms in total. The van der Waals surface area contributed by atoms with E-state index in [4.69, 9.17) is 0 Å². The zero-order valence-electron chi connectivity index (χ0n) is 11.5. The monoisotopic (exact) mass is 232 g/mol. The van der Waals surface area contributed by atoms with Gasteiger partial charge in [-0.1, -0.05) is 32.9 Å². The molecule has 0 unspecified atom stereocenters. The Hall–Kier alpha value is -1.02. The molecule has 2 heteroatoms. The van der Waals surface area contributed by atoms with Crippen LogP contribution in [0.1, 0.15) is 38.3 Å². The molecule has 1 aliphatic rings. The van der Waals surface area contributed by atoms with E-state index in [1.807, 2.05) is 0 Å². The first-order chi connectivity index (χ1) is 8.06. The van der Waals surface area contributed by atoms with E-state index < -0.39 is 0 Å². The molecule has 0 amide bonds. The summed E-state index contributed by atoms with van der Waals surface area (Å²) in [5.41, 5.74) is 4.68. The maximum absolute atomic E-state index is 3.52. The van der Waals surface area contributed by atoms with Crippen LogP contribution < -0.4 is 10.2 Å². The van der Waals surface area contributed by atoms with E-state index in [0.717, 1.165) is 19.6 Å². The standard InChI is InChI=1S/C15H24N2/c1-5-9-16-10-12-7-6-8-13-14(12)15(2,3)11-17(13)4/h6-8,16H,5,9-11H2,1-4H3. The number of hydrogen-bond donors (Lipinski definition) is 1. The van der Waals surface area contributed by atoms with E-state index in [-0.39, 0.29) is 5.41 Å². The Morgan fingerprint density at radius 1 is 1.35 bits per heavy atom. The van der Waals surface area contributed by atoms with E-state index in [9.17, 15) is 0 Å². The summed E-state index contributed by atoms with van der Waals surface area (Å²) < 4.78 is 0. The number of fused-ring (bicyclic) bond motifs is 1. The van der Waals surface area contributed by atoms with Crippen molar-refractivity contribution in [1.82, 2.24) is 5.32 Å². The van der Waals surface area contributed by atoms with Crippen LogP contribution in [0, 0.1) is 0 Å². The minimum atomic E-state index is 0.272. The third-order valence-electron chi connectivity index (χ3n) is 3.59. The van der Waals surface area contributed by atoms with Crippen LogP contribution in [0.3, 0.4) is 0 Å². The lowest BCUT2D eigenvalue weighted by atomic mass is 9.83.